The van der Waals surface area contributed by atoms with Crippen molar-refractivity contribution in [2.24, 2.45) is 0 Å². The van der Waals surface area contributed by atoms with E-state index in [1.165, 1.54) is 17.0 Å². The molecule has 3 aromatic rings. The summed E-state index contributed by atoms with van der Waals surface area (Å²) in [6, 6.07) is 21.2. The van der Waals surface area contributed by atoms with Gasteiger partial charge in [0.1, 0.15) is 12.6 Å². The molecule has 1 atom stereocenters. The summed E-state index contributed by atoms with van der Waals surface area (Å²) in [5.74, 6) is -0.780. The smallest absolute Gasteiger partial charge is 0.264 e. The molecule has 9 heteroatoms. The second-order valence-corrected chi connectivity index (χ2v) is 11.2. The molecule has 0 radical (unpaired) electrons. The van der Waals surface area contributed by atoms with E-state index >= 15 is 0 Å². The average Bonchev–Trinajstić information content (AvgIpc) is 2.92. The van der Waals surface area contributed by atoms with Crippen molar-refractivity contribution in [3.8, 4) is 0 Å². The third kappa shape index (κ3) is 6.94. The van der Waals surface area contributed by atoms with E-state index < -0.39 is 28.5 Å². The summed E-state index contributed by atoms with van der Waals surface area (Å²) in [5, 5.41) is 3.08. The van der Waals surface area contributed by atoms with Crippen molar-refractivity contribution in [2.75, 3.05) is 17.4 Å². The first-order valence-corrected chi connectivity index (χ1v) is 14.5. The normalized spacial score (nSPS) is 12.0. The number of nitrogens with one attached hydrogen (secondary N) is 1. The number of anilines is 1. The minimum absolute atomic E-state index is 0.0332. The zero-order chi connectivity index (χ0) is 27.7. The van der Waals surface area contributed by atoms with Crippen LogP contribution in [0.25, 0.3) is 0 Å². The van der Waals surface area contributed by atoms with Crippen molar-refractivity contribution in [1.82, 2.24) is 10.2 Å². The Bertz CT molecular complexity index is 1350. The maximum absolute atomic E-state index is 14.0. The summed E-state index contributed by atoms with van der Waals surface area (Å²) >= 11 is 6.43. The van der Waals surface area contributed by atoms with Gasteiger partial charge in [-0.05, 0) is 55.2 Å². The lowest BCUT2D eigenvalue weighted by atomic mass is 10.1. The van der Waals surface area contributed by atoms with Gasteiger partial charge in [0.15, 0.2) is 0 Å². The van der Waals surface area contributed by atoms with Gasteiger partial charge in [-0.1, -0.05) is 80.0 Å². The van der Waals surface area contributed by atoms with Gasteiger partial charge >= 0.3 is 0 Å². The molecule has 0 spiro atoms. The van der Waals surface area contributed by atoms with Gasteiger partial charge in [-0.15, -0.1) is 0 Å². The van der Waals surface area contributed by atoms with Crippen LogP contribution in [0.1, 0.15) is 37.8 Å². The van der Waals surface area contributed by atoms with E-state index in [9.17, 15) is 18.0 Å². The van der Waals surface area contributed by atoms with Crippen LogP contribution in [0.2, 0.25) is 5.02 Å². The van der Waals surface area contributed by atoms with Crippen LogP contribution in [0.15, 0.2) is 83.8 Å². The van der Waals surface area contributed by atoms with Crippen LogP contribution in [-0.4, -0.2) is 44.3 Å². The largest absolute Gasteiger partial charge is 0.354 e. The van der Waals surface area contributed by atoms with Crippen LogP contribution in [0.3, 0.4) is 0 Å². The Morgan fingerprint density at radius 2 is 1.55 bits per heavy atom. The number of hydrogen-bond acceptors (Lipinski definition) is 4. The van der Waals surface area contributed by atoms with E-state index in [1.54, 1.807) is 42.5 Å². The van der Waals surface area contributed by atoms with E-state index in [4.69, 9.17) is 11.6 Å². The molecule has 38 heavy (non-hydrogen) atoms. The molecule has 0 heterocycles. The van der Waals surface area contributed by atoms with Crippen molar-refractivity contribution < 1.29 is 18.0 Å². The van der Waals surface area contributed by atoms with Crippen LogP contribution < -0.4 is 9.62 Å². The zero-order valence-electron chi connectivity index (χ0n) is 21.9. The number of carbonyl (C=O) groups is 2. The Balaban J connectivity index is 2.06. The van der Waals surface area contributed by atoms with E-state index in [0.717, 1.165) is 21.9 Å². The number of halogens is 1. The second-order valence-electron chi connectivity index (χ2n) is 8.94. The van der Waals surface area contributed by atoms with Gasteiger partial charge in [-0.25, -0.2) is 8.42 Å². The summed E-state index contributed by atoms with van der Waals surface area (Å²) in [4.78, 5) is 28.6. The third-order valence-electron chi connectivity index (χ3n) is 6.27. The fraction of sp³-hybridized carbons (Fsp3) is 0.310. The Morgan fingerprint density at radius 3 is 2.18 bits per heavy atom. The van der Waals surface area contributed by atoms with Gasteiger partial charge in [-0.2, -0.15) is 0 Å². The van der Waals surface area contributed by atoms with Crippen molar-refractivity contribution >= 4 is 39.1 Å². The SMILES string of the molecule is CCCNC(=O)[C@H](CC)N(Cc1ccccc1C)C(=O)CN(c1ccccc1Cl)S(=O)(=O)c1ccccc1. The van der Waals surface area contributed by atoms with Crippen molar-refractivity contribution in [3.05, 3.63) is 95.0 Å². The van der Waals surface area contributed by atoms with Crippen LogP contribution in [-0.2, 0) is 26.2 Å². The highest BCUT2D eigenvalue weighted by atomic mass is 35.5. The Kier molecular flexibility index (Phi) is 10.3. The molecule has 0 aliphatic carbocycles. The molecule has 7 nitrogen and oxygen atoms in total. The number of aryl methyl sites for hydroxylation is 1. The number of rotatable bonds is 12. The van der Waals surface area contributed by atoms with E-state index in [2.05, 4.69) is 5.32 Å². The van der Waals surface area contributed by atoms with Crippen LogP contribution in [0.5, 0.6) is 0 Å². The molecular formula is C29H34ClN3O4S. The minimum Gasteiger partial charge on any atom is -0.354 e. The van der Waals surface area contributed by atoms with E-state index in [-0.39, 0.29) is 28.1 Å². The third-order valence-corrected chi connectivity index (χ3v) is 8.36. The molecule has 0 unspecified atom stereocenters. The lowest BCUT2D eigenvalue weighted by Gasteiger charge is -2.33. The highest BCUT2D eigenvalue weighted by Crippen LogP contribution is 2.30. The number of carbonyl (C=O) groups excluding carboxylic acids is 2. The molecular weight excluding hydrogens is 522 g/mol. The molecule has 1 N–H and O–H groups in total. The predicted molar refractivity (Wildman–Crippen MR) is 152 cm³/mol. The topological polar surface area (TPSA) is 86.8 Å². The molecule has 0 bridgehead atoms. The van der Waals surface area contributed by atoms with Gasteiger partial charge in [0.05, 0.1) is 15.6 Å². The van der Waals surface area contributed by atoms with Gasteiger partial charge in [0.2, 0.25) is 11.8 Å². The molecule has 202 valence electrons. The highest BCUT2D eigenvalue weighted by Gasteiger charge is 2.34. The minimum atomic E-state index is -4.15. The molecule has 0 aliphatic heterocycles. The Morgan fingerprint density at radius 1 is 0.921 bits per heavy atom. The monoisotopic (exact) mass is 555 g/mol. The summed E-state index contributed by atoms with van der Waals surface area (Å²) < 4.78 is 28.6. The first-order valence-electron chi connectivity index (χ1n) is 12.6. The van der Waals surface area contributed by atoms with Gasteiger partial charge in [-0.3, -0.25) is 13.9 Å². The number of hydrogen-bond donors (Lipinski definition) is 1. The fourth-order valence-electron chi connectivity index (χ4n) is 4.14. The number of amides is 2. The zero-order valence-corrected chi connectivity index (χ0v) is 23.5. The van der Waals surface area contributed by atoms with E-state index in [1.807, 2.05) is 45.0 Å². The average molecular weight is 556 g/mol. The fourth-order valence-corrected chi connectivity index (χ4v) is 5.89. The lowest BCUT2D eigenvalue weighted by molar-refractivity contribution is -0.140. The van der Waals surface area contributed by atoms with Gasteiger partial charge in [0.25, 0.3) is 10.0 Å². The standard InChI is InChI=1S/C29H34ClN3O4S/c1-4-19-31-29(35)26(5-2)32(20-23-14-10-9-13-22(23)3)28(34)21-33(27-18-12-11-17-25(27)30)38(36,37)24-15-7-6-8-16-24/h6-18,26H,4-5,19-21H2,1-3H3,(H,31,35)/t26-/m0/s1. The molecule has 2 amide bonds. The summed E-state index contributed by atoms with van der Waals surface area (Å²) in [6.07, 6.45) is 1.12. The van der Waals surface area contributed by atoms with Gasteiger partial charge in [0, 0.05) is 13.1 Å². The van der Waals surface area contributed by atoms with Crippen LogP contribution in [0.4, 0.5) is 5.69 Å². The number of benzene rings is 3. The van der Waals surface area contributed by atoms with Crippen LogP contribution >= 0.6 is 11.6 Å². The molecule has 3 aromatic carbocycles. The quantitative estimate of drug-likeness (QED) is 0.334. The van der Waals surface area contributed by atoms with Crippen molar-refractivity contribution in [1.29, 1.82) is 0 Å². The summed E-state index contributed by atoms with van der Waals surface area (Å²) in [7, 11) is -4.15. The number of para-hydroxylation sites is 1. The summed E-state index contributed by atoms with van der Waals surface area (Å²) in [6.45, 7) is 5.84. The lowest BCUT2D eigenvalue weighted by Crippen LogP contribution is -2.52. The molecule has 0 aliphatic rings. The Labute approximate surface area is 230 Å². The molecule has 3 rings (SSSR count). The predicted octanol–water partition coefficient (Wildman–Crippen LogP) is 5.18. The Hall–Kier alpha value is -3.36. The second kappa shape index (κ2) is 13.4. The maximum Gasteiger partial charge on any atom is 0.264 e. The molecule has 0 saturated carbocycles. The highest BCUT2D eigenvalue weighted by molar-refractivity contribution is 7.92. The van der Waals surface area contributed by atoms with E-state index in [0.29, 0.717) is 13.0 Å². The molecule has 0 saturated heterocycles. The molecule has 0 aromatic heterocycles. The maximum atomic E-state index is 14.0. The first kappa shape index (κ1) is 29.2. The van der Waals surface area contributed by atoms with Crippen molar-refractivity contribution in [2.45, 2.75) is 51.1 Å². The van der Waals surface area contributed by atoms with Gasteiger partial charge < -0.3 is 10.2 Å². The molecule has 0 fully saturated rings. The van der Waals surface area contributed by atoms with Crippen molar-refractivity contribution in [3.63, 3.8) is 0 Å². The number of nitrogens with zero attached hydrogens (tertiary/aromatic N) is 2. The first-order chi connectivity index (χ1) is 18.2. The van der Waals surface area contributed by atoms with Crippen LogP contribution in [0, 0.1) is 6.92 Å². The number of sulfonamides is 1. The summed E-state index contributed by atoms with van der Waals surface area (Å²) in [5.41, 5.74) is 2.03.